The van der Waals surface area contributed by atoms with Crippen molar-refractivity contribution in [3.8, 4) is 0 Å². The maximum atomic E-state index is 10.3. The Balaban J connectivity index is 0. The van der Waals surface area contributed by atoms with Crippen molar-refractivity contribution in [1.82, 2.24) is 0 Å². The predicted octanol–water partition coefficient (Wildman–Crippen LogP) is 4.43. The van der Waals surface area contributed by atoms with Gasteiger partial charge in [0.05, 0.1) is 6.10 Å². The van der Waals surface area contributed by atoms with Crippen molar-refractivity contribution in [3.63, 3.8) is 0 Å². The SMILES string of the molecule is CCCCCC[C@@H](O)C/C=C\CCCCCCCC(=O)O.O=S(=O)(O)O. The fraction of sp³-hybridized carbons (Fsp3) is 0.833. The van der Waals surface area contributed by atoms with Crippen molar-refractivity contribution in [2.24, 2.45) is 0 Å². The Morgan fingerprint density at radius 1 is 0.923 bits per heavy atom. The van der Waals surface area contributed by atoms with E-state index in [0.717, 1.165) is 51.4 Å². The van der Waals surface area contributed by atoms with Crippen LogP contribution in [-0.2, 0) is 15.2 Å². The molecule has 0 radical (unpaired) electrons. The third-order valence-corrected chi connectivity index (χ3v) is 3.73. The molecule has 8 heteroatoms. The Hall–Kier alpha value is -0.960. The lowest BCUT2D eigenvalue weighted by Crippen LogP contribution is -2.04. The Morgan fingerprint density at radius 2 is 1.46 bits per heavy atom. The predicted molar refractivity (Wildman–Crippen MR) is 103 cm³/mol. The van der Waals surface area contributed by atoms with Gasteiger partial charge in [0.25, 0.3) is 0 Å². The van der Waals surface area contributed by atoms with E-state index < -0.39 is 16.4 Å². The molecular weight excluding hydrogens is 360 g/mol. The van der Waals surface area contributed by atoms with E-state index in [1.54, 1.807) is 0 Å². The number of unbranched alkanes of at least 4 members (excludes halogenated alkanes) is 8. The zero-order valence-corrected chi connectivity index (χ0v) is 16.7. The van der Waals surface area contributed by atoms with Gasteiger partial charge in [-0.2, -0.15) is 8.42 Å². The molecule has 4 N–H and O–H groups in total. The number of hydrogen-bond acceptors (Lipinski definition) is 4. The fourth-order valence-electron chi connectivity index (χ4n) is 2.36. The minimum absolute atomic E-state index is 0.172. The highest BCUT2D eigenvalue weighted by atomic mass is 32.3. The smallest absolute Gasteiger partial charge is 0.394 e. The number of carboxylic acid groups (broad SMARTS) is 1. The molecule has 0 aromatic rings. The lowest BCUT2D eigenvalue weighted by molar-refractivity contribution is -0.137. The zero-order valence-electron chi connectivity index (χ0n) is 15.8. The molecule has 0 fully saturated rings. The first kappa shape index (κ1) is 27.3. The number of aliphatic carboxylic acids is 1. The van der Waals surface area contributed by atoms with Gasteiger partial charge in [-0.15, -0.1) is 0 Å². The molecule has 0 rings (SSSR count). The number of carbonyl (C=O) groups is 1. The summed E-state index contributed by atoms with van der Waals surface area (Å²) in [5, 5.41) is 18.3. The van der Waals surface area contributed by atoms with Crippen LogP contribution < -0.4 is 0 Å². The van der Waals surface area contributed by atoms with Crippen LogP contribution in [0.5, 0.6) is 0 Å². The summed E-state index contributed by atoms with van der Waals surface area (Å²) in [6, 6.07) is 0. The van der Waals surface area contributed by atoms with Gasteiger partial charge in [-0.05, 0) is 32.1 Å². The van der Waals surface area contributed by atoms with Gasteiger partial charge in [-0.1, -0.05) is 64.0 Å². The highest BCUT2D eigenvalue weighted by Crippen LogP contribution is 2.10. The lowest BCUT2D eigenvalue weighted by atomic mass is 10.1. The minimum atomic E-state index is -4.67. The molecule has 0 saturated carbocycles. The minimum Gasteiger partial charge on any atom is -0.481 e. The average Bonchev–Trinajstić information content (AvgIpc) is 2.51. The standard InChI is InChI=1S/C18H34O3.H2O4S/c1-2-3-4-11-14-17(19)15-12-9-7-5-6-8-10-13-16-18(20)21;1-5(2,3)4/h9,12,17,19H,2-8,10-11,13-16H2,1H3,(H,20,21);(H2,1,2,3,4)/b12-9-;/t17-;/m1./s1. The van der Waals surface area contributed by atoms with Crippen molar-refractivity contribution in [1.29, 1.82) is 0 Å². The molecular formula is C18H36O7S. The second-order valence-electron chi connectivity index (χ2n) is 6.36. The number of hydrogen-bond donors (Lipinski definition) is 4. The highest BCUT2D eigenvalue weighted by molar-refractivity contribution is 7.79. The van der Waals surface area contributed by atoms with Gasteiger partial charge >= 0.3 is 16.4 Å². The Labute approximate surface area is 158 Å². The van der Waals surface area contributed by atoms with Gasteiger partial charge in [0.1, 0.15) is 0 Å². The van der Waals surface area contributed by atoms with Crippen LogP contribution in [0.4, 0.5) is 0 Å². The third-order valence-electron chi connectivity index (χ3n) is 3.73. The summed E-state index contributed by atoms with van der Waals surface area (Å²) < 4.78 is 31.6. The molecule has 0 saturated heterocycles. The van der Waals surface area contributed by atoms with E-state index in [0.29, 0.717) is 6.42 Å². The molecule has 0 amide bonds. The van der Waals surface area contributed by atoms with E-state index in [9.17, 15) is 9.90 Å². The molecule has 0 aliphatic heterocycles. The van der Waals surface area contributed by atoms with Gasteiger partial charge in [0, 0.05) is 6.42 Å². The monoisotopic (exact) mass is 396 g/mol. The van der Waals surface area contributed by atoms with Crippen LogP contribution in [0.2, 0.25) is 0 Å². The van der Waals surface area contributed by atoms with Crippen LogP contribution in [0.1, 0.15) is 90.4 Å². The van der Waals surface area contributed by atoms with E-state index >= 15 is 0 Å². The molecule has 0 spiro atoms. The molecule has 0 unspecified atom stereocenters. The van der Waals surface area contributed by atoms with Crippen molar-refractivity contribution in [2.45, 2.75) is 96.5 Å². The summed E-state index contributed by atoms with van der Waals surface area (Å²) in [6.07, 6.45) is 17.4. The number of rotatable bonds is 15. The third kappa shape index (κ3) is 34.4. The van der Waals surface area contributed by atoms with Gasteiger partial charge in [-0.25, -0.2) is 0 Å². The van der Waals surface area contributed by atoms with Gasteiger partial charge in [0.15, 0.2) is 0 Å². The van der Waals surface area contributed by atoms with E-state index in [1.165, 1.54) is 25.7 Å². The van der Waals surface area contributed by atoms with E-state index in [4.69, 9.17) is 22.6 Å². The van der Waals surface area contributed by atoms with Crippen LogP contribution in [0.25, 0.3) is 0 Å². The summed E-state index contributed by atoms with van der Waals surface area (Å²) >= 11 is 0. The summed E-state index contributed by atoms with van der Waals surface area (Å²) in [5.74, 6) is -0.689. The Bertz CT molecular complexity index is 438. The summed E-state index contributed by atoms with van der Waals surface area (Å²) in [5.41, 5.74) is 0. The molecule has 0 aromatic heterocycles. The number of carboxylic acids is 1. The molecule has 0 aliphatic carbocycles. The van der Waals surface area contributed by atoms with Crippen molar-refractivity contribution < 1.29 is 32.5 Å². The van der Waals surface area contributed by atoms with Crippen LogP contribution in [0.15, 0.2) is 12.2 Å². The molecule has 7 nitrogen and oxygen atoms in total. The van der Waals surface area contributed by atoms with Crippen molar-refractivity contribution >= 4 is 16.4 Å². The highest BCUT2D eigenvalue weighted by Gasteiger charge is 2.00. The van der Waals surface area contributed by atoms with E-state index in [1.807, 2.05) is 0 Å². The first-order valence-corrected chi connectivity index (χ1v) is 10.8. The number of allylic oxidation sites excluding steroid dienone is 1. The number of aliphatic hydroxyl groups is 1. The molecule has 1 atom stereocenters. The summed E-state index contributed by atoms with van der Waals surface area (Å²) in [6.45, 7) is 2.20. The first-order chi connectivity index (χ1) is 12.2. The topological polar surface area (TPSA) is 132 Å². The van der Waals surface area contributed by atoms with Crippen molar-refractivity contribution in [2.75, 3.05) is 0 Å². The molecule has 156 valence electrons. The maximum absolute atomic E-state index is 10.3. The van der Waals surface area contributed by atoms with E-state index in [2.05, 4.69) is 19.1 Å². The number of aliphatic hydroxyl groups excluding tert-OH is 1. The average molecular weight is 397 g/mol. The largest absolute Gasteiger partial charge is 0.481 e. The van der Waals surface area contributed by atoms with Crippen LogP contribution in [-0.4, -0.2) is 39.8 Å². The van der Waals surface area contributed by atoms with Crippen LogP contribution in [0.3, 0.4) is 0 Å². The molecule has 0 aliphatic rings. The fourth-order valence-corrected chi connectivity index (χ4v) is 2.36. The molecule has 0 aromatic carbocycles. The maximum Gasteiger partial charge on any atom is 0.394 e. The first-order valence-electron chi connectivity index (χ1n) is 9.41. The quantitative estimate of drug-likeness (QED) is 0.183. The van der Waals surface area contributed by atoms with Gasteiger partial charge in [0.2, 0.25) is 0 Å². The molecule has 26 heavy (non-hydrogen) atoms. The Morgan fingerprint density at radius 3 is 2.04 bits per heavy atom. The Kier molecular flexibility index (Phi) is 19.7. The van der Waals surface area contributed by atoms with Gasteiger partial charge in [-0.3, -0.25) is 13.9 Å². The normalized spacial score (nSPS) is 12.6. The van der Waals surface area contributed by atoms with Gasteiger partial charge < -0.3 is 10.2 Å². The lowest BCUT2D eigenvalue weighted by Gasteiger charge is -2.07. The summed E-state index contributed by atoms with van der Waals surface area (Å²) in [4.78, 5) is 10.3. The second-order valence-corrected chi connectivity index (χ2v) is 7.25. The molecule has 0 heterocycles. The van der Waals surface area contributed by atoms with E-state index in [-0.39, 0.29) is 6.10 Å². The molecule has 0 bridgehead atoms. The van der Waals surface area contributed by atoms with Crippen molar-refractivity contribution in [3.05, 3.63) is 12.2 Å². The van der Waals surface area contributed by atoms with Crippen LogP contribution >= 0.6 is 0 Å². The zero-order chi connectivity index (χ0) is 20.3. The summed E-state index contributed by atoms with van der Waals surface area (Å²) in [7, 11) is -4.67. The van der Waals surface area contributed by atoms with Crippen LogP contribution in [0, 0.1) is 0 Å². The second kappa shape index (κ2) is 18.8.